The predicted molar refractivity (Wildman–Crippen MR) is 71.4 cm³/mol. The van der Waals surface area contributed by atoms with E-state index in [1.165, 1.54) is 6.07 Å². The zero-order valence-corrected chi connectivity index (χ0v) is 11.2. The molecule has 1 aromatic carbocycles. The van der Waals surface area contributed by atoms with Crippen molar-refractivity contribution in [3.63, 3.8) is 0 Å². The van der Waals surface area contributed by atoms with Crippen LogP contribution in [-0.4, -0.2) is 31.1 Å². The molecule has 17 heavy (non-hydrogen) atoms. The summed E-state index contributed by atoms with van der Waals surface area (Å²) >= 11 is 5.83. The molecule has 2 nitrogen and oxygen atoms in total. The highest BCUT2D eigenvalue weighted by Gasteiger charge is 2.09. The molecule has 0 aliphatic carbocycles. The lowest BCUT2D eigenvalue weighted by Gasteiger charge is -2.19. The van der Waals surface area contributed by atoms with E-state index in [1.54, 1.807) is 6.07 Å². The third kappa shape index (κ3) is 4.80. The minimum Gasteiger partial charge on any atom is -0.315 e. The first-order valence-corrected chi connectivity index (χ1v) is 6.00. The van der Waals surface area contributed by atoms with Gasteiger partial charge in [-0.05, 0) is 43.3 Å². The van der Waals surface area contributed by atoms with E-state index in [4.69, 9.17) is 11.6 Å². The number of nitrogens with zero attached hydrogens (tertiary/aromatic N) is 1. The average Bonchev–Trinajstić information content (AvgIpc) is 2.44. The van der Waals surface area contributed by atoms with Gasteiger partial charge in [0.25, 0.3) is 0 Å². The highest BCUT2D eigenvalue weighted by atomic mass is 35.5. The molecule has 0 aromatic heterocycles. The maximum Gasteiger partial charge on any atom is 0.125 e. The molecule has 0 spiro atoms. The average molecular weight is 279 g/mol. The van der Waals surface area contributed by atoms with Crippen molar-refractivity contribution in [1.29, 1.82) is 0 Å². The summed E-state index contributed by atoms with van der Waals surface area (Å²) in [6, 6.07) is 4.74. The second kappa shape index (κ2) is 7.17. The second-order valence-electron chi connectivity index (χ2n) is 4.16. The molecule has 0 radical (unpaired) electrons. The fraction of sp³-hybridized carbons (Fsp3) is 0.500. The Balaban J connectivity index is 0.00000144. The van der Waals surface area contributed by atoms with Gasteiger partial charge in [-0.2, -0.15) is 0 Å². The molecule has 0 amide bonds. The molecule has 1 heterocycles. The first-order valence-electron chi connectivity index (χ1n) is 5.62. The normalized spacial score (nSPS) is 17.3. The smallest absolute Gasteiger partial charge is 0.125 e. The van der Waals surface area contributed by atoms with Gasteiger partial charge in [0.05, 0.1) is 0 Å². The van der Waals surface area contributed by atoms with Crippen molar-refractivity contribution in [3.05, 3.63) is 34.6 Å². The first-order chi connectivity index (χ1) is 7.74. The van der Waals surface area contributed by atoms with E-state index in [-0.39, 0.29) is 18.2 Å². The minimum absolute atomic E-state index is 0. The first kappa shape index (κ1) is 14.7. The number of benzene rings is 1. The summed E-state index contributed by atoms with van der Waals surface area (Å²) in [6.07, 6.45) is 1.14. The van der Waals surface area contributed by atoms with Gasteiger partial charge in [-0.3, -0.25) is 4.90 Å². The monoisotopic (exact) mass is 278 g/mol. The molecule has 1 aliphatic heterocycles. The largest absolute Gasteiger partial charge is 0.315 e. The van der Waals surface area contributed by atoms with Crippen LogP contribution in [0.15, 0.2) is 18.2 Å². The van der Waals surface area contributed by atoms with Gasteiger partial charge in [-0.15, -0.1) is 12.4 Å². The van der Waals surface area contributed by atoms with Crippen LogP contribution in [0.3, 0.4) is 0 Å². The lowest BCUT2D eigenvalue weighted by molar-refractivity contribution is 0.284. The van der Waals surface area contributed by atoms with Crippen molar-refractivity contribution in [3.8, 4) is 0 Å². The van der Waals surface area contributed by atoms with Crippen LogP contribution >= 0.6 is 24.0 Å². The number of rotatable bonds is 2. The SMILES string of the molecule is Cl.Fc1cc(Cl)cc(CN2CCCNCC2)c1. The van der Waals surface area contributed by atoms with Crippen molar-refractivity contribution in [2.24, 2.45) is 0 Å². The Bertz CT molecular complexity index is 332. The standard InChI is InChI=1S/C12H16ClFN2.ClH/c13-11-6-10(7-12(14)8-11)9-16-4-1-2-15-3-5-16;/h6-8,15H,1-5,9H2;1H. The van der Waals surface area contributed by atoms with E-state index >= 15 is 0 Å². The summed E-state index contributed by atoms with van der Waals surface area (Å²) in [5, 5.41) is 3.82. The van der Waals surface area contributed by atoms with E-state index < -0.39 is 0 Å². The molecule has 1 aromatic rings. The molecule has 0 unspecified atom stereocenters. The third-order valence-electron chi connectivity index (χ3n) is 2.76. The summed E-state index contributed by atoms with van der Waals surface area (Å²) in [5.74, 6) is -0.254. The fourth-order valence-electron chi connectivity index (χ4n) is 2.02. The Morgan fingerprint density at radius 2 is 2.06 bits per heavy atom. The summed E-state index contributed by atoms with van der Waals surface area (Å²) < 4.78 is 13.1. The van der Waals surface area contributed by atoms with Gasteiger partial charge in [0.2, 0.25) is 0 Å². The van der Waals surface area contributed by atoms with Crippen LogP contribution < -0.4 is 5.32 Å². The second-order valence-corrected chi connectivity index (χ2v) is 4.59. The highest BCUT2D eigenvalue weighted by molar-refractivity contribution is 6.30. The molecule has 2 rings (SSSR count). The summed E-state index contributed by atoms with van der Waals surface area (Å²) in [6.45, 7) is 4.91. The van der Waals surface area contributed by atoms with E-state index in [0.29, 0.717) is 5.02 Å². The van der Waals surface area contributed by atoms with Crippen LogP contribution in [-0.2, 0) is 6.54 Å². The van der Waals surface area contributed by atoms with E-state index in [9.17, 15) is 4.39 Å². The van der Waals surface area contributed by atoms with E-state index in [2.05, 4.69) is 10.2 Å². The molecular weight excluding hydrogens is 262 g/mol. The van der Waals surface area contributed by atoms with Crippen LogP contribution in [0.4, 0.5) is 4.39 Å². The molecule has 1 aliphatic rings. The quantitative estimate of drug-likeness (QED) is 0.895. The van der Waals surface area contributed by atoms with Crippen molar-refractivity contribution in [2.45, 2.75) is 13.0 Å². The van der Waals surface area contributed by atoms with Crippen molar-refractivity contribution < 1.29 is 4.39 Å². The topological polar surface area (TPSA) is 15.3 Å². The lowest BCUT2D eigenvalue weighted by Crippen LogP contribution is -2.27. The Kier molecular flexibility index (Phi) is 6.20. The molecule has 0 bridgehead atoms. The van der Waals surface area contributed by atoms with E-state index in [1.807, 2.05) is 6.07 Å². The summed E-state index contributed by atoms with van der Waals surface area (Å²) in [5.41, 5.74) is 0.951. The summed E-state index contributed by atoms with van der Waals surface area (Å²) in [4.78, 5) is 2.32. The predicted octanol–water partition coefficient (Wildman–Crippen LogP) is 2.70. The number of hydrogen-bond acceptors (Lipinski definition) is 2. The maximum absolute atomic E-state index is 13.1. The van der Waals surface area contributed by atoms with Gasteiger partial charge in [0.1, 0.15) is 5.82 Å². The molecule has 1 N–H and O–H groups in total. The molecule has 0 atom stereocenters. The van der Waals surface area contributed by atoms with Crippen LogP contribution in [0.1, 0.15) is 12.0 Å². The molecule has 0 saturated carbocycles. The van der Waals surface area contributed by atoms with Crippen LogP contribution in [0.5, 0.6) is 0 Å². The summed E-state index contributed by atoms with van der Waals surface area (Å²) in [7, 11) is 0. The molecule has 1 saturated heterocycles. The molecule has 5 heteroatoms. The highest BCUT2D eigenvalue weighted by Crippen LogP contribution is 2.16. The van der Waals surface area contributed by atoms with Gasteiger partial charge in [0, 0.05) is 24.7 Å². The van der Waals surface area contributed by atoms with Gasteiger partial charge in [0.15, 0.2) is 0 Å². The Morgan fingerprint density at radius 1 is 1.24 bits per heavy atom. The van der Waals surface area contributed by atoms with Gasteiger partial charge < -0.3 is 5.32 Å². The van der Waals surface area contributed by atoms with E-state index in [0.717, 1.165) is 44.7 Å². The van der Waals surface area contributed by atoms with Gasteiger partial charge >= 0.3 is 0 Å². The number of hydrogen-bond donors (Lipinski definition) is 1. The third-order valence-corrected chi connectivity index (χ3v) is 2.98. The Hall–Kier alpha value is -0.350. The van der Waals surface area contributed by atoms with Crippen LogP contribution in [0.2, 0.25) is 5.02 Å². The Labute approximate surface area is 113 Å². The van der Waals surface area contributed by atoms with Crippen molar-refractivity contribution in [2.75, 3.05) is 26.2 Å². The van der Waals surface area contributed by atoms with Crippen molar-refractivity contribution in [1.82, 2.24) is 10.2 Å². The van der Waals surface area contributed by atoms with Crippen molar-refractivity contribution >= 4 is 24.0 Å². The van der Waals surface area contributed by atoms with Crippen LogP contribution in [0.25, 0.3) is 0 Å². The van der Waals surface area contributed by atoms with Crippen LogP contribution in [0, 0.1) is 5.82 Å². The zero-order valence-electron chi connectivity index (χ0n) is 9.59. The lowest BCUT2D eigenvalue weighted by atomic mass is 10.2. The van der Waals surface area contributed by atoms with Gasteiger partial charge in [-0.1, -0.05) is 11.6 Å². The molecular formula is C12H17Cl2FN2. The molecule has 96 valence electrons. The number of nitrogens with one attached hydrogen (secondary N) is 1. The number of halogens is 3. The molecule has 1 fully saturated rings. The zero-order chi connectivity index (χ0) is 11.4. The fourth-order valence-corrected chi connectivity index (χ4v) is 2.26. The van der Waals surface area contributed by atoms with Gasteiger partial charge in [-0.25, -0.2) is 4.39 Å². The minimum atomic E-state index is -0.254. The maximum atomic E-state index is 13.1. The Morgan fingerprint density at radius 3 is 2.82 bits per heavy atom.